The second kappa shape index (κ2) is 14.1. The number of benzene rings is 5. The summed E-state index contributed by atoms with van der Waals surface area (Å²) >= 11 is 8.01. The molecule has 0 aliphatic heterocycles. The Bertz CT molecular complexity index is 1680. The van der Waals surface area contributed by atoms with Crippen LogP contribution >= 0.6 is 30.6 Å². The summed E-state index contributed by atoms with van der Waals surface area (Å²) in [5, 5.41) is 12.3. The molecule has 1 heterocycles. The van der Waals surface area contributed by atoms with E-state index in [0.717, 1.165) is 26.3 Å². The van der Waals surface area contributed by atoms with Crippen LogP contribution in [-0.4, -0.2) is 9.78 Å². The van der Waals surface area contributed by atoms with Crippen LogP contribution in [0.15, 0.2) is 156 Å². The number of nitrogens with zero attached hydrogens (tertiary/aromatic N) is 2. The van der Waals surface area contributed by atoms with Gasteiger partial charge < -0.3 is 0 Å². The summed E-state index contributed by atoms with van der Waals surface area (Å²) in [4.78, 5) is 1.12. The Kier molecular flexibility index (Phi) is 10.2. The number of hydrogen-bond acceptors (Lipinski definition) is 6. The van der Waals surface area contributed by atoms with E-state index in [1.165, 1.54) is 21.2 Å². The van der Waals surface area contributed by atoms with E-state index in [1.54, 1.807) is 11.8 Å². The molecule has 0 amide bonds. The highest BCUT2D eigenvalue weighted by molar-refractivity contribution is 8.04. The van der Waals surface area contributed by atoms with E-state index in [2.05, 4.69) is 139 Å². The fourth-order valence-electron chi connectivity index (χ4n) is 5.12. The zero-order valence-corrected chi connectivity index (χ0v) is 26.7. The van der Waals surface area contributed by atoms with Gasteiger partial charge in [-0.15, -0.1) is 10.2 Å². The van der Waals surface area contributed by atoms with E-state index in [-0.39, 0.29) is 0 Å². The lowest BCUT2D eigenvalue weighted by Gasteiger charge is -2.28. The van der Waals surface area contributed by atoms with Gasteiger partial charge in [-0.2, -0.15) is 5.10 Å². The van der Waals surface area contributed by atoms with Crippen molar-refractivity contribution in [2.75, 3.05) is 0 Å². The van der Waals surface area contributed by atoms with Crippen molar-refractivity contribution in [3.05, 3.63) is 156 Å². The van der Waals surface area contributed by atoms with Crippen LogP contribution in [0.2, 0.25) is 5.02 Å². The first-order chi connectivity index (χ1) is 21.2. The lowest BCUT2D eigenvalue weighted by molar-refractivity contribution is -2.00. The standard InChI is InChI=1S/C34H27ClN2PS.ClHO4/c1-26-33(34(39-32-24-22-27(35)23-25-32)37(36-26)28-14-6-2-7-15-28)38(29-16-8-3-9-17-29,30-18-10-4-11-19-30)31-20-12-5-13-21-31;2-1(3,4)5/h2-25H,1H3;(H,2,3,4,5)/q+1;/p-1. The maximum Gasteiger partial charge on any atom is 0.165 e. The van der Waals surface area contributed by atoms with Crippen LogP contribution in [0.5, 0.6) is 0 Å². The monoisotopic (exact) mass is 660 g/mol. The summed E-state index contributed by atoms with van der Waals surface area (Å²) in [6.07, 6.45) is 0. The minimum Gasteiger partial charge on any atom is -0.222 e. The smallest absolute Gasteiger partial charge is 0.165 e. The second-order valence-corrected chi connectivity index (χ2v) is 15.2. The Morgan fingerprint density at radius 2 is 1.00 bits per heavy atom. The number of hydrogen-bond donors (Lipinski definition) is 0. The Balaban J connectivity index is 0.000000712. The third kappa shape index (κ3) is 7.24. The zero-order valence-electron chi connectivity index (χ0n) is 23.5. The fourth-order valence-corrected chi connectivity index (χ4v) is 11.2. The molecule has 0 aliphatic rings. The van der Waals surface area contributed by atoms with E-state index in [9.17, 15) is 0 Å². The van der Waals surface area contributed by atoms with Crippen LogP contribution in [0.4, 0.5) is 0 Å². The van der Waals surface area contributed by atoms with Crippen LogP contribution < -0.4 is 39.9 Å². The van der Waals surface area contributed by atoms with Gasteiger partial charge in [0.1, 0.15) is 33.9 Å². The topological polar surface area (TPSA) is 110 Å². The molecule has 44 heavy (non-hydrogen) atoms. The maximum atomic E-state index is 8.49. The number of halogens is 2. The minimum absolute atomic E-state index is 0.729. The Morgan fingerprint density at radius 3 is 1.41 bits per heavy atom. The third-order valence-corrected chi connectivity index (χ3v) is 12.7. The molecule has 0 radical (unpaired) electrons. The van der Waals surface area contributed by atoms with Gasteiger partial charge in [0.25, 0.3) is 0 Å². The van der Waals surface area contributed by atoms with E-state index in [0.29, 0.717) is 0 Å². The highest BCUT2D eigenvalue weighted by atomic mass is 35.7. The third-order valence-electron chi connectivity index (χ3n) is 6.78. The van der Waals surface area contributed by atoms with Crippen molar-refractivity contribution in [1.29, 1.82) is 0 Å². The molecule has 0 N–H and O–H groups in total. The van der Waals surface area contributed by atoms with Crippen molar-refractivity contribution in [2.24, 2.45) is 0 Å². The van der Waals surface area contributed by atoms with Gasteiger partial charge in [0.2, 0.25) is 0 Å². The van der Waals surface area contributed by atoms with Gasteiger partial charge >= 0.3 is 0 Å². The summed E-state index contributed by atoms with van der Waals surface area (Å²) < 4.78 is 36.1. The highest BCUT2D eigenvalue weighted by Crippen LogP contribution is 2.57. The summed E-state index contributed by atoms with van der Waals surface area (Å²) in [7, 11) is -7.30. The molecule has 0 saturated carbocycles. The van der Waals surface area contributed by atoms with Gasteiger partial charge in [0.05, 0.1) is 5.69 Å². The molecule has 222 valence electrons. The van der Waals surface area contributed by atoms with Gasteiger partial charge in [-0.05, 0) is 79.7 Å². The van der Waals surface area contributed by atoms with Crippen molar-refractivity contribution in [1.82, 2.24) is 9.78 Å². The lowest BCUT2D eigenvalue weighted by Crippen LogP contribution is -2.68. The fraction of sp³-hybridized carbons (Fsp3) is 0.0294. The van der Waals surface area contributed by atoms with E-state index in [4.69, 9.17) is 35.3 Å². The zero-order chi connectivity index (χ0) is 31.2. The van der Waals surface area contributed by atoms with Crippen LogP contribution in [-0.2, 0) is 0 Å². The van der Waals surface area contributed by atoms with E-state index < -0.39 is 17.5 Å². The quantitative estimate of drug-likeness (QED) is 0.244. The molecule has 6 nitrogen and oxygen atoms in total. The second-order valence-electron chi connectivity index (χ2n) is 9.60. The predicted octanol–water partition coefficient (Wildman–Crippen LogP) is 2.85. The number of para-hydroxylation sites is 1. The molecular weight excluding hydrogens is 634 g/mol. The first-order valence-corrected chi connectivity index (χ1v) is 17.7. The molecule has 0 saturated heterocycles. The first kappa shape index (κ1) is 31.9. The van der Waals surface area contributed by atoms with E-state index in [1.807, 2.05) is 18.2 Å². The van der Waals surface area contributed by atoms with Crippen molar-refractivity contribution < 1.29 is 28.9 Å². The Labute approximate surface area is 268 Å². The SMILES string of the molecule is Cc1nn(-c2ccccc2)c(Sc2ccc(Cl)cc2)c1[P+](c1ccccc1)(c1ccccc1)c1ccccc1.[O-][Cl+3]([O-])([O-])[O-]. The average molecular weight is 662 g/mol. The Morgan fingerprint density at radius 1 is 0.614 bits per heavy atom. The number of rotatable bonds is 7. The normalized spacial score (nSPS) is 11.5. The largest absolute Gasteiger partial charge is 0.222 e. The molecule has 6 aromatic rings. The maximum absolute atomic E-state index is 8.49. The highest BCUT2D eigenvalue weighted by Gasteiger charge is 2.52. The molecule has 5 aromatic carbocycles. The molecule has 0 atom stereocenters. The molecule has 0 aliphatic carbocycles. The first-order valence-electron chi connectivity index (χ1n) is 13.4. The van der Waals surface area contributed by atoms with Gasteiger partial charge in [0, 0.05) is 9.92 Å². The molecule has 0 fully saturated rings. The van der Waals surface area contributed by atoms with Crippen LogP contribution in [0.3, 0.4) is 0 Å². The summed E-state index contributed by atoms with van der Waals surface area (Å²) in [5.74, 6) is 0. The van der Waals surface area contributed by atoms with Gasteiger partial charge in [0.15, 0.2) is 5.30 Å². The average Bonchev–Trinajstić information content (AvgIpc) is 3.35. The van der Waals surface area contributed by atoms with Gasteiger partial charge in [-0.25, -0.2) is 23.3 Å². The summed E-state index contributed by atoms with van der Waals surface area (Å²) in [6, 6.07) is 51.4. The van der Waals surface area contributed by atoms with Crippen LogP contribution in [0.25, 0.3) is 5.69 Å². The molecule has 10 heteroatoms. The Hall–Kier alpha value is -3.49. The molecule has 0 bridgehead atoms. The van der Waals surface area contributed by atoms with Crippen LogP contribution in [0, 0.1) is 17.2 Å². The molecule has 0 unspecified atom stereocenters. The lowest BCUT2D eigenvalue weighted by atomic mass is 10.3. The van der Waals surface area contributed by atoms with Crippen molar-refractivity contribution in [3.8, 4) is 5.69 Å². The summed E-state index contributed by atoms with van der Waals surface area (Å²) in [6.45, 7) is 2.16. The molecule has 1 aromatic heterocycles. The molecule has 6 rings (SSSR count). The van der Waals surface area contributed by atoms with Gasteiger partial charge in [-0.1, -0.05) is 96.2 Å². The van der Waals surface area contributed by atoms with Crippen molar-refractivity contribution >= 4 is 51.8 Å². The van der Waals surface area contributed by atoms with Crippen LogP contribution in [0.1, 0.15) is 5.69 Å². The minimum atomic E-state index is -4.94. The summed E-state index contributed by atoms with van der Waals surface area (Å²) in [5.41, 5.74) is 2.07. The predicted molar refractivity (Wildman–Crippen MR) is 169 cm³/mol. The van der Waals surface area contributed by atoms with Crippen molar-refractivity contribution in [3.63, 3.8) is 0 Å². The van der Waals surface area contributed by atoms with Gasteiger partial charge in [-0.3, -0.25) is 0 Å². The molecular formula is C34H27Cl2N2O4PS. The number of aryl methyl sites for hydroxylation is 1. The molecule has 0 spiro atoms. The van der Waals surface area contributed by atoms with E-state index >= 15 is 0 Å². The van der Waals surface area contributed by atoms with Crippen molar-refractivity contribution in [2.45, 2.75) is 16.8 Å². The number of aromatic nitrogens is 2.